The molecule has 0 saturated heterocycles. The standard InChI is InChI=1S/C12H16BrNO3/c1-8(15)14-5-4-9-6-12(17-3)10(13)7-11(9)16-2/h6-7H,4-5H2,1-3H3,(H,14,15)/i4D2,5D2. The number of hydrogen-bond acceptors (Lipinski definition) is 3. The monoisotopic (exact) mass is 305 g/mol. The maximum atomic E-state index is 11.1. The lowest BCUT2D eigenvalue weighted by molar-refractivity contribution is -0.118. The second kappa shape index (κ2) is 6.49. The quantitative estimate of drug-likeness (QED) is 0.907. The molecule has 17 heavy (non-hydrogen) atoms. The molecule has 0 aliphatic heterocycles. The number of methoxy groups -OCH3 is 2. The highest BCUT2D eigenvalue weighted by Crippen LogP contribution is 2.32. The van der Waals surface area contributed by atoms with E-state index in [1.54, 1.807) is 0 Å². The smallest absolute Gasteiger partial charge is 0.216 e. The topological polar surface area (TPSA) is 47.6 Å². The first-order chi connectivity index (χ1) is 9.56. The molecule has 5 heteroatoms. The summed E-state index contributed by atoms with van der Waals surface area (Å²) in [5, 5.41) is 1.97. The molecule has 0 spiro atoms. The van der Waals surface area contributed by atoms with E-state index >= 15 is 0 Å². The third kappa shape index (κ3) is 3.93. The van der Waals surface area contributed by atoms with Crippen molar-refractivity contribution in [2.24, 2.45) is 0 Å². The van der Waals surface area contributed by atoms with Crippen LogP contribution in [0.2, 0.25) is 0 Å². The van der Waals surface area contributed by atoms with Crippen LogP contribution < -0.4 is 14.8 Å². The number of hydrogen-bond donors (Lipinski definition) is 1. The maximum absolute atomic E-state index is 11.1. The van der Waals surface area contributed by atoms with Gasteiger partial charge in [0.25, 0.3) is 0 Å². The number of halogens is 1. The molecular weight excluding hydrogens is 286 g/mol. The number of ether oxygens (including phenoxy) is 2. The molecule has 1 amide bonds. The Kier molecular flexibility index (Phi) is 3.36. The Bertz CT molecular complexity index is 552. The number of aryl methyl sites for hydroxylation is 1. The van der Waals surface area contributed by atoms with E-state index in [4.69, 9.17) is 15.0 Å². The number of carbonyl (C=O) groups is 1. The van der Waals surface area contributed by atoms with Crippen LogP contribution in [-0.2, 0) is 11.2 Å². The lowest BCUT2D eigenvalue weighted by atomic mass is 10.1. The molecule has 0 radical (unpaired) electrons. The fourth-order valence-electron chi connectivity index (χ4n) is 1.14. The van der Waals surface area contributed by atoms with Crippen molar-refractivity contribution in [3.05, 3.63) is 22.2 Å². The summed E-state index contributed by atoms with van der Waals surface area (Å²) in [6.07, 6.45) is -2.53. The molecule has 0 aliphatic carbocycles. The summed E-state index contributed by atoms with van der Waals surface area (Å²) >= 11 is 3.25. The van der Waals surface area contributed by atoms with Gasteiger partial charge in [0.05, 0.1) is 18.7 Å². The predicted octanol–water partition coefficient (Wildman–Crippen LogP) is 2.14. The zero-order valence-corrected chi connectivity index (χ0v) is 11.3. The van der Waals surface area contributed by atoms with Gasteiger partial charge in [0, 0.05) is 18.9 Å². The van der Waals surface area contributed by atoms with Gasteiger partial charge in [0.15, 0.2) is 0 Å². The van der Waals surface area contributed by atoms with Crippen LogP contribution in [0, 0.1) is 0 Å². The highest BCUT2D eigenvalue weighted by Gasteiger charge is 2.09. The van der Waals surface area contributed by atoms with E-state index in [1.807, 2.05) is 5.32 Å². The van der Waals surface area contributed by atoms with Crippen LogP contribution >= 0.6 is 15.9 Å². The first kappa shape index (κ1) is 8.80. The second-order valence-electron chi connectivity index (χ2n) is 3.12. The number of amides is 1. The zero-order chi connectivity index (χ0) is 16.4. The highest BCUT2D eigenvalue weighted by atomic mass is 79.9. The Morgan fingerprint density at radius 2 is 2.06 bits per heavy atom. The number of carbonyl (C=O) groups excluding carboxylic acids is 1. The van der Waals surface area contributed by atoms with Crippen LogP contribution in [0.5, 0.6) is 11.5 Å². The van der Waals surface area contributed by atoms with Gasteiger partial charge in [-0.3, -0.25) is 4.79 Å². The molecule has 1 N–H and O–H groups in total. The molecule has 1 aromatic carbocycles. The fourth-order valence-corrected chi connectivity index (χ4v) is 1.63. The third-order valence-corrected chi connectivity index (χ3v) is 2.53. The summed E-state index contributed by atoms with van der Waals surface area (Å²) in [4.78, 5) is 11.1. The van der Waals surface area contributed by atoms with E-state index in [-0.39, 0.29) is 11.3 Å². The summed E-state index contributed by atoms with van der Waals surface area (Å²) < 4.78 is 42.5. The van der Waals surface area contributed by atoms with Crippen molar-refractivity contribution >= 4 is 21.8 Å². The Morgan fingerprint density at radius 3 is 2.59 bits per heavy atom. The minimum Gasteiger partial charge on any atom is -0.496 e. The van der Waals surface area contributed by atoms with Crippen LogP contribution in [-0.4, -0.2) is 26.6 Å². The van der Waals surface area contributed by atoms with Gasteiger partial charge in [-0.1, -0.05) is 0 Å². The summed E-state index contributed by atoms with van der Waals surface area (Å²) in [5.74, 6) is -0.206. The Hall–Kier alpha value is -1.23. The SMILES string of the molecule is [2H]C([2H])(NC(C)=O)C([2H])([2H])c1cc(OC)c(Br)cc1OC. The van der Waals surface area contributed by atoms with Gasteiger partial charge in [0.2, 0.25) is 5.91 Å². The second-order valence-corrected chi connectivity index (χ2v) is 3.97. The van der Waals surface area contributed by atoms with Crippen molar-refractivity contribution < 1.29 is 19.8 Å². The van der Waals surface area contributed by atoms with Crippen molar-refractivity contribution in [1.82, 2.24) is 5.32 Å². The van der Waals surface area contributed by atoms with E-state index in [0.29, 0.717) is 10.2 Å². The molecule has 1 rings (SSSR count). The molecule has 4 nitrogen and oxygen atoms in total. The number of rotatable bonds is 5. The molecule has 0 atom stereocenters. The summed E-state index contributed by atoms with van der Waals surface area (Å²) in [6.45, 7) is -1.50. The van der Waals surface area contributed by atoms with Gasteiger partial charge in [-0.15, -0.1) is 0 Å². The number of benzene rings is 1. The van der Waals surface area contributed by atoms with Gasteiger partial charge < -0.3 is 14.8 Å². The minimum atomic E-state index is -2.62. The molecule has 0 aromatic heterocycles. The van der Waals surface area contributed by atoms with Crippen molar-refractivity contribution in [3.8, 4) is 11.5 Å². The van der Waals surface area contributed by atoms with Gasteiger partial charge >= 0.3 is 0 Å². The summed E-state index contributed by atoms with van der Waals surface area (Å²) in [7, 11) is 2.76. The average molecular weight is 306 g/mol. The highest BCUT2D eigenvalue weighted by molar-refractivity contribution is 9.10. The van der Waals surface area contributed by atoms with E-state index in [9.17, 15) is 4.79 Å². The van der Waals surface area contributed by atoms with Crippen LogP contribution in [0.4, 0.5) is 0 Å². The van der Waals surface area contributed by atoms with Crippen molar-refractivity contribution in [3.63, 3.8) is 0 Å². The van der Waals surface area contributed by atoms with Crippen molar-refractivity contribution in [2.45, 2.75) is 13.3 Å². The molecule has 0 bridgehead atoms. The summed E-state index contributed by atoms with van der Waals surface area (Å²) in [5.41, 5.74) is -0.0659. The lowest BCUT2D eigenvalue weighted by Crippen LogP contribution is -2.22. The predicted molar refractivity (Wildman–Crippen MR) is 69.6 cm³/mol. The molecular formula is C12H16BrNO3. The normalized spacial score (nSPS) is 15.1. The summed E-state index contributed by atoms with van der Waals surface area (Å²) in [6, 6.07) is 2.82. The van der Waals surface area contributed by atoms with Gasteiger partial charge in [-0.25, -0.2) is 0 Å². The zero-order valence-electron chi connectivity index (χ0n) is 13.8. The van der Waals surface area contributed by atoms with E-state index < -0.39 is 18.8 Å². The van der Waals surface area contributed by atoms with Gasteiger partial charge in [-0.05, 0) is 40.0 Å². The molecule has 0 unspecified atom stereocenters. The maximum Gasteiger partial charge on any atom is 0.216 e. The van der Waals surface area contributed by atoms with Crippen LogP contribution in [0.15, 0.2) is 16.6 Å². The molecule has 0 saturated carbocycles. The van der Waals surface area contributed by atoms with E-state index in [1.165, 1.54) is 26.4 Å². The average Bonchev–Trinajstić information content (AvgIpc) is 2.36. The number of nitrogens with one attached hydrogen (secondary N) is 1. The van der Waals surface area contributed by atoms with E-state index in [0.717, 1.165) is 6.92 Å². The fraction of sp³-hybridized carbons (Fsp3) is 0.417. The molecule has 94 valence electrons. The van der Waals surface area contributed by atoms with Crippen LogP contribution in [0.3, 0.4) is 0 Å². The molecule has 1 aromatic rings. The van der Waals surface area contributed by atoms with Gasteiger partial charge in [0.1, 0.15) is 11.5 Å². The van der Waals surface area contributed by atoms with Crippen molar-refractivity contribution in [1.29, 1.82) is 0 Å². The Balaban J connectivity index is 3.45. The van der Waals surface area contributed by atoms with Crippen LogP contribution in [0.25, 0.3) is 0 Å². The van der Waals surface area contributed by atoms with Crippen molar-refractivity contribution in [2.75, 3.05) is 20.7 Å². The third-order valence-electron chi connectivity index (χ3n) is 1.91. The minimum absolute atomic E-state index is 0.0659. The molecule has 0 fully saturated rings. The van der Waals surface area contributed by atoms with Crippen LogP contribution in [0.1, 0.15) is 18.0 Å². The molecule has 0 heterocycles. The largest absolute Gasteiger partial charge is 0.496 e. The first-order valence-electron chi connectivity index (χ1n) is 6.77. The van der Waals surface area contributed by atoms with Gasteiger partial charge in [-0.2, -0.15) is 0 Å². The Morgan fingerprint density at radius 1 is 1.41 bits per heavy atom. The molecule has 0 aliphatic rings. The van der Waals surface area contributed by atoms with E-state index in [2.05, 4.69) is 15.9 Å². The lowest BCUT2D eigenvalue weighted by Gasteiger charge is -2.12. The first-order valence-corrected chi connectivity index (χ1v) is 5.57. The Labute approximate surface area is 115 Å².